The van der Waals surface area contributed by atoms with Crippen molar-refractivity contribution in [2.45, 2.75) is 25.9 Å². The van der Waals surface area contributed by atoms with Gasteiger partial charge in [-0.3, -0.25) is 14.2 Å². The summed E-state index contributed by atoms with van der Waals surface area (Å²) in [4.78, 5) is 31.1. The van der Waals surface area contributed by atoms with Crippen LogP contribution in [0, 0.1) is 0 Å². The lowest BCUT2D eigenvalue weighted by atomic mass is 10.2. The van der Waals surface area contributed by atoms with Crippen LogP contribution in [0.15, 0.2) is 53.3 Å². The molecule has 27 heavy (non-hydrogen) atoms. The Balaban J connectivity index is 1.46. The normalized spacial score (nSPS) is 12.8. The second-order valence-electron chi connectivity index (χ2n) is 6.79. The van der Waals surface area contributed by atoms with Crippen LogP contribution in [-0.4, -0.2) is 34.0 Å². The van der Waals surface area contributed by atoms with Gasteiger partial charge in [-0.2, -0.15) is 0 Å². The first-order valence-electron chi connectivity index (χ1n) is 9.06. The summed E-state index contributed by atoms with van der Waals surface area (Å²) < 4.78 is 7.37. The molecule has 6 heteroatoms. The quantitative estimate of drug-likeness (QED) is 0.698. The molecule has 6 nitrogen and oxygen atoms in total. The summed E-state index contributed by atoms with van der Waals surface area (Å²) in [6, 6.07) is 15.0. The van der Waals surface area contributed by atoms with Crippen molar-refractivity contribution in [3.63, 3.8) is 0 Å². The first-order chi connectivity index (χ1) is 13.1. The van der Waals surface area contributed by atoms with E-state index in [-0.39, 0.29) is 18.1 Å². The fourth-order valence-corrected chi connectivity index (χ4v) is 3.35. The SMILES string of the molecule is CN(Cc1ccccc1)C(=O)COc1ccc2nc3n(c(=O)c2c1)CCC3. The molecule has 1 aliphatic rings. The van der Waals surface area contributed by atoms with Crippen molar-refractivity contribution in [1.82, 2.24) is 14.5 Å². The molecule has 1 amide bonds. The number of aryl methyl sites for hydroxylation is 1. The number of fused-ring (bicyclic) bond motifs is 2. The van der Waals surface area contributed by atoms with E-state index in [0.717, 1.165) is 24.2 Å². The van der Waals surface area contributed by atoms with Gasteiger partial charge in [-0.25, -0.2) is 4.98 Å². The van der Waals surface area contributed by atoms with Gasteiger partial charge in [-0.1, -0.05) is 30.3 Å². The van der Waals surface area contributed by atoms with Crippen LogP contribution < -0.4 is 10.3 Å². The Morgan fingerprint density at radius 3 is 2.85 bits per heavy atom. The van der Waals surface area contributed by atoms with Gasteiger partial charge < -0.3 is 9.64 Å². The highest BCUT2D eigenvalue weighted by Crippen LogP contribution is 2.20. The third-order valence-electron chi connectivity index (χ3n) is 4.84. The van der Waals surface area contributed by atoms with Crippen LogP contribution in [0.1, 0.15) is 17.8 Å². The predicted molar refractivity (Wildman–Crippen MR) is 103 cm³/mol. The molecule has 0 unspecified atom stereocenters. The minimum atomic E-state index is -0.122. The van der Waals surface area contributed by atoms with Gasteiger partial charge in [0.25, 0.3) is 11.5 Å². The summed E-state index contributed by atoms with van der Waals surface area (Å²) >= 11 is 0. The van der Waals surface area contributed by atoms with Crippen molar-refractivity contribution in [3.8, 4) is 5.75 Å². The minimum Gasteiger partial charge on any atom is -0.484 e. The molecule has 2 aromatic carbocycles. The van der Waals surface area contributed by atoms with Crippen LogP contribution in [0.25, 0.3) is 10.9 Å². The molecule has 2 heterocycles. The van der Waals surface area contributed by atoms with Gasteiger partial charge in [0.05, 0.1) is 10.9 Å². The highest BCUT2D eigenvalue weighted by atomic mass is 16.5. The van der Waals surface area contributed by atoms with Crippen molar-refractivity contribution in [1.29, 1.82) is 0 Å². The molecule has 0 N–H and O–H groups in total. The topological polar surface area (TPSA) is 64.4 Å². The molecule has 0 radical (unpaired) electrons. The number of rotatable bonds is 5. The third-order valence-corrected chi connectivity index (χ3v) is 4.84. The Kier molecular flexibility index (Phi) is 4.62. The summed E-state index contributed by atoms with van der Waals surface area (Å²) in [7, 11) is 1.75. The standard InChI is InChI=1S/C21H21N3O3/c1-23(13-15-6-3-2-4-7-15)20(25)14-27-16-9-10-18-17(12-16)21(26)24-11-5-8-19(24)22-18/h2-4,6-7,9-10,12H,5,8,11,13-14H2,1H3. The molecule has 0 aliphatic carbocycles. The maximum atomic E-state index is 12.6. The summed E-state index contributed by atoms with van der Waals surface area (Å²) in [5.74, 6) is 1.23. The van der Waals surface area contributed by atoms with E-state index in [4.69, 9.17) is 4.74 Å². The van der Waals surface area contributed by atoms with Crippen LogP contribution in [0.4, 0.5) is 0 Å². The number of hydrogen-bond donors (Lipinski definition) is 0. The van der Waals surface area contributed by atoms with E-state index in [1.165, 1.54) is 0 Å². The van der Waals surface area contributed by atoms with E-state index in [9.17, 15) is 9.59 Å². The number of aromatic nitrogens is 2. The number of benzene rings is 2. The first kappa shape index (κ1) is 17.3. The van der Waals surface area contributed by atoms with E-state index >= 15 is 0 Å². The van der Waals surface area contributed by atoms with Crippen molar-refractivity contribution < 1.29 is 9.53 Å². The highest BCUT2D eigenvalue weighted by molar-refractivity contribution is 5.80. The largest absolute Gasteiger partial charge is 0.484 e. The summed E-state index contributed by atoms with van der Waals surface area (Å²) in [5.41, 5.74) is 1.70. The van der Waals surface area contributed by atoms with Gasteiger partial charge in [0, 0.05) is 26.6 Å². The summed E-state index contributed by atoms with van der Waals surface area (Å²) in [5, 5.41) is 0.531. The Labute approximate surface area is 157 Å². The van der Waals surface area contributed by atoms with Gasteiger partial charge in [-0.15, -0.1) is 0 Å². The average molecular weight is 363 g/mol. The van der Waals surface area contributed by atoms with E-state index in [2.05, 4.69) is 4.98 Å². The highest BCUT2D eigenvalue weighted by Gasteiger charge is 2.17. The van der Waals surface area contributed by atoms with Crippen LogP contribution in [-0.2, 0) is 24.3 Å². The van der Waals surface area contributed by atoms with Gasteiger partial charge in [0.15, 0.2) is 6.61 Å². The Hall–Kier alpha value is -3.15. The molecule has 0 atom stereocenters. The maximum absolute atomic E-state index is 12.6. The zero-order chi connectivity index (χ0) is 18.8. The van der Waals surface area contributed by atoms with Gasteiger partial charge in [-0.05, 0) is 30.2 Å². The Morgan fingerprint density at radius 2 is 2.04 bits per heavy atom. The monoisotopic (exact) mass is 363 g/mol. The van der Waals surface area contributed by atoms with Gasteiger partial charge in [0.2, 0.25) is 0 Å². The molecule has 4 rings (SSSR count). The van der Waals surface area contributed by atoms with E-state index in [1.807, 2.05) is 30.3 Å². The number of carbonyl (C=O) groups is 1. The number of amides is 1. The molecule has 0 saturated heterocycles. The molecule has 138 valence electrons. The number of likely N-dealkylation sites (N-methyl/N-ethyl adjacent to an activating group) is 1. The smallest absolute Gasteiger partial charge is 0.261 e. The molecule has 1 aliphatic heterocycles. The van der Waals surface area contributed by atoms with Crippen molar-refractivity contribution in [2.24, 2.45) is 0 Å². The second-order valence-corrected chi connectivity index (χ2v) is 6.79. The number of nitrogens with zero attached hydrogens (tertiary/aromatic N) is 3. The fourth-order valence-electron chi connectivity index (χ4n) is 3.35. The van der Waals surface area contributed by atoms with E-state index in [0.29, 0.717) is 29.7 Å². The lowest BCUT2D eigenvalue weighted by Crippen LogP contribution is -2.31. The van der Waals surface area contributed by atoms with Crippen LogP contribution >= 0.6 is 0 Å². The lowest BCUT2D eigenvalue weighted by Gasteiger charge is -2.17. The van der Waals surface area contributed by atoms with Gasteiger partial charge >= 0.3 is 0 Å². The van der Waals surface area contributed by atoms with E-state index < -0.39 is 0 Å². The average Bonchev–Trinajstić information content (AvgIpc) is 3.16. The van der Waals surface area contributed by atoms with E-state index in [1.54, 1.807) is 34.7 Å². The first-order valence-corrected chi connectivity index (χ1v) is 9.06. The lowest BCUT2D eigenvalue weighted by molar-refractivity contribution is -0.132. The molecule has 1 aromatic heterocycles. The van der Waals surface area contributed by atoms with Crippen molar-refractivity contribution in [3.05, 3.63) is 70.3 Å². The molecule has 0 spiro atoms. The Morgan fingerprint density at radius 1 is 1.22 bits per heavy atom. The molecular weight excluding hydrogens is 342 g/mol. The van der Waals surface area contributed by atoms with Gasteiger partial charge in [0.1, 0.15) is 11.6 Å². The maximum Gasteiger partial charge on any atom is 0.261 e. The van der Waals surface area contributed by atoms with Crippen LogP contribution in [0.5, 0.6) is 5.75 Å². The zero-order valence-corrected chi connectivity index (χ0v) is 15.2. The van der Waals surface area contributed by atoms with Crippen LogP contribution in [0.3, 0.4) is 0 Å². The zero-order valence-electron chi connectivity index (χ0n) is 15.2. The molecule has 0 bridgehead atoms. The predicted octanol–water partition coefficient (Wildman–Crippen LogP) is 2.38. The summed E-state index contributed by atoms with van der Waals surface area (Å²) in [6.07, 6.45) is 1.79. The number of carbonyl (C=O) groups excluding carboxylic acids is 1. The second kappa shape index (κ2) is 7.23. The molecule has 3 aromatic rings. The van der Waals surface area contributed by atoms with Crippen molar-refractivity contribution >= 4 is 16.8 Å². The summed E-state index contributed by atoms with van der Waals surface area (Å²) in [6.45, 7) is 1.16. The molecule has 0 fully saturated rings. The fraction of sp³-hybridized carbons (Fsp3) is 0.286. The number of hydrogen-bond acceptors (Lipinski definition) is 4. The molecular formula is C21H21N3O3. The van der Waals surface area contributed by atoms with Crippen molar-refractivity contribution in [2.75, 3.05) is 13.7 Å². The third kappa shape index (κ3) is 3.56. The van der Waals surface area contributed by atoms with Crippen LogP contribution in [0.2, 0.25) is 0 Å². The number of ether oxygens (including phenoxy) is 1. The minimum absolute atomic E-state index is 0.0366. The molecule has 0 saturated carbocycles. The Bertz CT molecular complexity index is 1040.